The van der Waals surface area contributed by atoms with E-state index in [1.165, 1.54) is 0 Å². The molecule has 0 fully saturated rings. The van der Waals surface area contributed by atoms with Gasteiger partial charge in [-0.3, -0.25) is 4.57 Å². The predicted octanol–water partition coefficient (Wildman–Crippen LogP) is 5.49. The summed E-state index contributed by atoms with van der Waals surface area (Å²) in [5.41, 5.74) is 3.99. The second-order valence-corrected chi connectivity index (χ2v) is 6.13. The first kappa shape index (κ1) is 13.9. The normalized spacial score (nSPS) is 11.2. The first-order valence-electron chi connectivity index (χ1n) is 6.10. The summed E-state index contributed by atoms with van der Waals surface area (Å²) in [5.74, 6) is 1.13. The molecule has 0 saturated carbocycles. The zero-order valence-electron chi connectivity index (χ0n) is 10.7. The topological polar surface area (TPSA) is 17.8 Å². The highest BCUT2D eigenvalue weighted by atomic mass is 79.9. The first-order chi connectivity index (χ1) is 9.61. The molecule has 1 heterocycles. The minimum atomic E-state index is 0.334. The van der Waals surface area contributed by atoms with Crippen molar-refractivity contribution in [1.29, 1.82) is 0 Å². The van der Waals surface area contributed by atoms with Crippen molar-refractivity contribution >= 4 is 50.2 Å². The van der Waals surface area contributed by atoms with Crippen LogP contribution in [0.4, 0.5) is 0 Å². The maximum atomic E-state index is 6.37. The second kappa shape index (κ2) is 5.40. The van der Waals surface area contributed by atoms with Gasteiger partial charge < -0.3 is 0 Å². The minimum Gasteiger partial charge on any atom is -0.294 e. The zero-order chi connectivity index (χ0) is 14.3. The Kier molecular flexibility index (Phi) is 3.76. The number of nitrogens with zero attached hydrogens (tertiary/aromatic N) is 2. The zero-order valence-corrected chi connectivity index (χ0v) is 13.8. The molecular weight excluding hydrogens is 359 g/mol. The van der Waals surface area contributed by atoms with Gasteiger partial charge >= 0.3 is 0 Å². The van der Waals surface area contributed by atoms with Gasteiger partial charge in [-0.05, 0) is 36.8 Å². The minimum absolute atomic E-state index is 0.334. The molecule has 0 aliphatic heterocycles. The van der Waals surface area contributed by atoms with E-state index in [0.717, 1.165) is 32.6 Å². The smallest absolute Gasteiger partial charge is 0.129 e. The average Bonchev–Trinajstić information content (AvgIpc) is 2.79. The Morgan fingerprint density at radius 1 is 1.25 bits per heavy atom. The molecule has 20 heavy (non-hydrogen) atoms. The van der Waals surface area contributed by atoms with Crippen molar-refractivity contribution in [2.45, 2.75) is 12.8 Å². The maximum absolute atomic E-state index is 6.37. The Labute approximate surface area is 135 Å². The number of rotatable bonds is 2. The Bertz CT molecular complexity index is 796. The summed E-state index contributed by atoms with van der Waals surface area (Å²) >= 11 is 15.8. The summed E-state index contributed by atoms with van der Waals surface area (Å²) in [6.45, 7) is 2.04. The fourth-order valence-corrected chi connectivity index (χ4v) is 3.25. The highest BCUT2D eigenvalue weighted by Gasteiger charge is 2.15. The Morgan fingerprint density at radius 3 is 2.75 bits per heavy atom. The van der Waals surface area contributed by atoms with E-state index >= 15 is 0 Å². The van der Waals surface area contributed by atoms with Crippen LogP contribution in [0.3, 0.4) is 0 Å². The SMILES string of the molecule is Cc1cccc2c1nc(CCl)n2-c1ccc(Br)cc1Cl. The quantitative estimate of drug-likeness (QED) is 0.546. The number of hydrogen-bond donors (Lipinski definition) is 0. The van der Waals surface area contributed by atoms with Gasteiger partial charge in [-0.1, -0.05) is 39.7 Å². The third-order valence-corrected chi connectivity index (χ3v) is 4.26. The van der Waals surface area contributed by atoms with Crippen molar-refractivity contribution in [3.05, 3.63) is 57.3 Å². The molecule has 0 saturated heterocycles. The van der Waals surface area contributed by atoms with Crippen LogP contribution in [0.2, 0.25) is 5.02 Å². The molecule has 5 heteroatoms. The van der Waals surface area contributed by atoms with E-state index in [-0.39, 0.29) is 0 Å². The van der Waals surface area contributed by atoms with Crippen molar-refractivity contribution in [2.24, 2.45) is 0 Å². The van der Waals surface area contributed by atoms with Crippen LogP contribution < -0.4 is 0 Å². The van der Waals surface area contributed by atoms with Crippen LogP contribution in [0.25, 0.3) is 16.7 Å². The van der Waals surface area contributed by atoms with Crippen molar-refractivity contribution in [3.63, 3.8) is 0 Å². The van der Waals surface area contributed by atoms with Gasteiger partial charge in [0.15, 0.2) is 0 Å². The van der Waals surface area contributed by atoms with Crippen molar-refractivity contribution < 1.29 is 0 Å². The molecule has 3 rings (SSSR count). The molecule has 0 spiro atoms. The van der Waals surface area contributed by atoms with Gasteiger partial charge in [0.1, 0.15) is 5.82 Å². The highest BCUT2D eigenvalue weighted by molar-refractivity contribution is 9.10. The monoisotopic (exact) mass is 368 g/mol. The van der Waals surface area contributed by atoms with Gasteiger partial charge in [0.2, 0.25) is 0 Å². The molecule has 0 bridgehead atoms. The Morgan fingerprint density at radius 2 is 2.05 bits per heavy atom. The molecule has 1 aromatic heterocycles. The molecule has 2 aromatic carbocycles. The second-order valence-electron chi connectivity index (χ2n) is 4.54. The van der Waals surface area contributed by atoms with Crippen LogP contribution in [-0.2, 0) is 5.88 Å². The van der Waals surface area contributed by atoms with Crippen LogP contribution in [0, 0.1) is 6.92 Å². The number of imidazole rings is 1. The average molecular weight is 370 g/mol. The molecule has 102 valence electrons. The van der Waals surface area contributed by atoms with E-state index in [0.29, 0.717) is 10.9 Å². The van der Waals surface area contributed by atoms with Crippen LogP contribution in [0.1, 0.15) is 11.4 Å². The lowest BCUT2D eigenvalue weighted by Crippen LogP contribution is -2.00. The van der Waals surface area contributed by atoms with Gasteiger partial charge in [-0.25, -0.2) is 4.98 Å². The van der Waals surface area contributed by atoms with Crippen molar-refractivity contribution in [2.75, 3.05) is 0 Å². The van der Waals surface area contributed by atoms with E-state index in [1.807, 2.05) is 47.9 Å². The Balaban J connectivity index is 2.37. The van der Waals surface area contributed by atoms with Crippen LogP contribution in [0.15, 0.2) is 40.9 Å². The standard InChI is InChI=1S/C15H11BrCl2N2/c1-9-3-2-4-13-15(9)19-14(8-17)20(13)12-6-5-10(16)7-11(12)18/h2-7H,8H2,1H3. The van der Waals surface area contributed by atoms with E-state index in [2.05, 4.69) is 20.9 Å². The number of aryl methyl sites for hydroxylation is 1. The number of aromatic nitrogens is 2. The largest absolute Gasteiger partial charge is 0.294 e. The van der Waals surface area contributed by atoms with Gasteiger partial charge in [-0.15, -0.1) is 11.6 Å². The lowest BCUT2D eigenvalue weighted by molar-refractivity contribution is 0.981. The summed E-state index contributed by atoms with van der Waals surface area (Å²) in [5, 5.41) is 0.659. The summed E-state index contributed by atoms with van der Waals surface area (Å²) < 4.78 is 2.96. The number of para-hydroxylation sites is 1. The summed E-state index contributed by atoms with van der Waals surface area (Å²) in [7, 11) is 0. The van der Waals surface area contributed by atoms with E-state index in [4.69, 9.17) is 23.2 Å². The number of hydrogen-bond acceptors (Lipinski definition) is 1. The van der Waals surface area contributed by atoms with Crippen molar-refractivity contribution in [3.8, 4) is 5.69 Å². The van der Waals surface area contributed by atoms with Crippen LogP contribution in [-0.4, -0.2) is 9.55 Å². The van der Waals surface area contributed by atoms with Gasteiger partial charge in [0, 0.05) is 4.47 Å². The van der Waals surface area contributed by atoms with Crippen LogP contribution in [0.5, 0.6) is 0 Å². The number of fused-ring (bicyclic) bond motifs is 1. The van der Waals surface area contributed by atoms with Gasteiger partial charge in [-0.2, -0.15) is 0 Å². The molecule has 0 amide bonds. The Hall–Kier alpha value is -1.03. The van der Waals surface area contributed by atoms with E-state index in [1.54, 1.807) is 0 Å². The highest BCUT2D eigenvalue weighted by Crippen LogP contribution is 2.30. The molecule has 0 atom stereocenters. The van der Waals surface area contributed by atoms with Gasteiger partial charge in [0.05, 0.1) is 27.6 Å². The molecule has 2 nitrogen and oxygen atoms in total. The molecule has 0 aliphatic carbocycles. The number of alkyl halides is 1. The summed E-state index contributed by atoms with van der Waals surface area (Å²) in [6, 6.07) is 11.9. The fraction of sp³-hybridized carbons (Fsp3) is 0.133. The third kappa shape index (κ3) is 2.24. The van der Waals surface area contributed by atoms with Gasteiger partial charge in [0.25, 0.3) is 0 Å². The fourth-order valence-electron chi connectivity index (χ4n) is 2.31. The molecule has 0 N–H and O–H groups in total. The summed E-state index contributed by atoms with van der Waals surface area (Å²) in [6.07, 6.45) is 0. The van der Waals surface area contributed by atoms with Crippen LogP contribution >= 0.6 is 39.1 Å². The first-order valence-corrected chi connectivity index (χ1v) is 7.80. The molecular formula is C15H11BrCl2N2. The number of halogens is 3. The lowest BCUT2D eigenvalue weighted by atomic mass is 10.2. The third-order valence-electron chi connectivity index (χ3n) is 3.23. The molecule has 3 aromatic rings. The molecule has 0 radical (unpaired) electrons. The van der Waals surface area contributed by atoms with E-state index < -0.39 is 0 Å². The summed E-state index contributed by atoms with van der Waals surface area (Å²) in [4.78, 5) is 4.63. The predicted molar refractivity (Wildman–Crippen MR) is 88.1 cm³/mol. The molecule has 0 aliphatic rings. The number of benzene rings is 2. The van der Waals surface area contributed by atoms with E-state index in [9.17, 15) is 0 Å². The molecule has 0 unspecified atom stereocenters. The maximum Gasteiger partial charge on any atom is 0.129 e. The lowest BCUT2D eigenvalue weighted by Gasteiger charge is -2.10. The van der Waals surface area contributed by atoms with Crippen molar-refractivity contribution in [1.82, 2.24) is 9.55 Å².